The Morgan fingerprint density at radius 3 is 2.16 bits per heavy atom. The van der Waals surface area contributed by atoms with Gasteiger partial charge < -0.3 is 0 Å². The summed E-state index contributed by atoms with van der Waals surface area (Å²) in [6.07, 6.45) is 1.58. The van der Waals surface area contributed by atoms with E-state index in [2.05, 4.69) is 0 Å². The monoisotopic (exact) mass is 288 g/mol. The highest BCUT2D eigenvalue weighted by Gasteiger charge is 2.32. The first-order valence-electron chi connectivity index (χ1n) is 5.30. The number of nitrogens with zero attached hydrogens (tertiary/aromatic N) is 2. The highest BCUT2D eigenvalue weighted by atomic mass is 35.5. The molecule has 0 spiro atoms. The third-order valence-electron chi connectivity index (χ3n) is 2.85. The van der Waals surface area contributed by atoms with Gasteiger partial charge in [-0.1, -0.05) is 29.3 Å². The summed E-state index contributed by atoms with van der Waals surface area (Å²) in [5.74, 6) is -0.255. The van der Waals surface area contributed by atoms with Crippen molar-refractivity contribution < 1.29 is 4.79 Å². The number of hydrogen-bond acceptors (Lipinski definition) is 3. The van der Waals surface area contributed by atoms with Gasteiger partial charge in [-0.05, 0) is 24.6 Å². The zero-order valence-corrected chi connectivity index (χ0v) is 11.3. The summed E-state index contributed by atoms with van der Waals surface area (Å²) in [5, 5.41) is 18.6. The molecule has 1 aromatic rings. The van der Waals surface area contributed by atoms with Crippen molar-refractivity contribution in [3.05, 3.63) is 50.5 Å². The SMILES string of the molecule is C/C=C1/C(=O)c2cc(Cl)c(Cl)cc2C1=C(C#N)C#N. The quantitative estimate of drug-likeness (QED) is 0.536. The maximum atomic E-state index is 12.2. The van der Waals surface area contributed by atoms with E-state index >= 15 is 0 Å². The average molecular weight is 289 g/mol. The Bertz CT molecular complexity index is 730. The third kappa shape index (κ3) is 1.94. The molecule has 0 aliphatic heterocycles. The summed E-state index contributed by atoms with van der Waals surface area (Å²) in [5.41, 5.74) is 1.38. The molecule has 3 nitrogen and oxygen atoms in total. The van der Waals surface area contributed by atoms with Crippen LogP contribution in [0.4, 0.5) is 0 Å². The second-order valence-electron chi connectivity index (χ2n) is 3.82. The van der Waals surface area contributed by atoms with Crippen LogP contribution in [0.1, 0.15) is 22.8 Å². The summed E-state index contributed by atoms with van der Waals surface area (Å²) >= 11 is 11.8. The number of Topliss-reactive ketones (excluding diaryl/α,β-unsaturated/α-hetero) is 1. The minimum atomic E-state index is -0.255. The van der Waals surface area contributed by atoms with E-state index in [1.807, 2.05) is 0 Å². The minimum absolute atomic E-state index is 0.112. The zero-order valence-electron chi connectivity index (χ0n) is 9.79. The number of rotatable bonds is 0. The van der Waals surface area contributed by atoms with E-state index in [0.29, 0.717) is 22.3 Å². The molecule has 0 saturated heterocycles. The molecule has 0 unspecified atom stereocenters. The van der Waals surface area contributed by atoms with Crippen LogP contribution < -0.4 is 0 Å². The number of fused-ring (bicyclic) bond motifs is 1. The summed E-state index contributed by atoms with van der Waals surface area (Å²) in [7, 11) is 0. The van der Waals surface area contributed by atoms with Gasteiger partial charge in [0.1, 0.15) is 17.7 Å². The number of ketones is 1. The van der Waals surface area contributed by atoms with Crippen molar-refractivity contribution in [1.82, 2.24) is 0 Å². The lowest BCUT2D eigenvalue weighted by Crippen LogP contribution is -1.95. The molecule has 1 aliphatic carbocycles. The molecule has 0 saturated carbocycles. The van der Waals surface area contributed by atoms with Crippen molar-refractivity contribution in [3.63, 3.8) is 0 Å². The van der Waals surface area contributed by atoms with E-state index in [0.717, 1.165) is 0 Å². The zero-order chi connectivity index (χ0) is 14.2. The number of hydrogen-bond donors (Lipinski definition) is 0. The molecule has 0 bridgehead atoms. The fourth-order valence-corrected chi connectivity index (χ4v) is 2.35. The maximum absolute atomic E-state index is 12.2. The van der Waals surface area contributed by atoms with E-state index in [4.69, 9.17) is 33.7 Å². The molecule has 1 aromatic carbocycles. The van der Waals surface area contributed by atoms with Crippen molar-refractivity contribution in [3.8, 4) is 12.1 Å². The molecule has 0 amide bonds. The van der Waals surface area contributed by atoms with Crippen LogP contribution in [0.5, 0.6) is 0 Å². The average Bonchev–Trinajstić information content (AvgIpc) is 2.65. The van der Waals surface area contributed by atoms with Crippen LogP contribution in [0.25, 0.3) is 5.57 Å². The fourth-order valence-electron chi connectivity index (χ4n) is 2.03. The highest BCUT2D eigenvalue weighted by Crippen LogP contribution is 2.41. The number of carbonyl (C=O) groups is 1. The molecule has 0 N–H and O–H groups in total. The van der Waals surface area contributed by atoms with E-state index in [1.54, 1.807) is 25.1 Å². The molecule has 0 aromatic heterocycles. The first-order chi connectivity index (χ1) is 9.04. The number of carbonyl (C=O) groups excluding carboxylic acids is 1. The molecule has 19 heavy (non-hydrogen) atoms. The van der Waals surface area contributed by atoms with Crippen molar-refractivity contribution in [2.24, 2.45) is 0 Å². The molecule has 0 heterocycles. The van der Waals surface area contributed by atoms with Gasteiger partial charge in [-0.2, -0.15) is 10.5 Å². The van der Waals surface area contributed by atoms with Gasteiger partial charge in [0.2, 0.25) is 0 Å². The van der Waals surface area contributed by atoms with Crippen LogP contribution in [0.2, 0.25) is 10.0 Å². The Balaban J connectivity index is 2.91. The largest absolute Gasteiger partial charge is 0.289 e. The molecule has 0 fully saturated rings. The maximum Gasteiger partial charge on any atom is 0.194 e. The van der Waals surface area contributed by atoms with E-state index < -0.39 is 0 Å². The van der Waals surface area contributed by atoms with Crippen LogP contribution in [0, 0.1) is 22.7 Å². The van der Waals surface area contributed by atoms with E-state index in [1.165, 1.54) is 12.1 Å². The first kappa shape index (κ1) is 13.4. The molecular weight excluding hydrogens is 283 g/mol. The van der Waals surface area contributed by atoms with Gasteiger partial charge in [0.05, 0.1) is 10.0 Å². The lowest BCUT2D eigenvalue weighted by Gasteiger charge is -2.02. The van der Waals surface area contributed by atoms with Crippen LogP contribution in [-0.4, -0.2) is 5.78 Å². The summed E-state index contributed by atoms with van der Waals surface area (Å²) in [4.78, 5) is 12.2. The van der Waals surface area contributed by atoms with Gasteiger partial charge in [0.15, 0.2) is 5.78 Å². The lowest BCUT2D eigenvalue weighted by molar-refractivity contribution is 0.104. The minimum Gasteiger partial charge on any atom is -0.289 e. The smallest absolute Gasteiger partial charge is 0.194 e. The standard InChI is InChI=1S/C14H6Cl2N2O/c1-2-8-13(7(5-17)6-18)9-3-11(15)12(16)4-10(9)14(8)19/h2-4H,1H3/b8-2+. The molecule has 92 valence electrons. The van der Waals surface area contributed by atoms with Gasteiger partial charge in [-0.15, -0.1) is 0 Å². The summed E-state index contributed by atoms with van der Waals surface area (Å²) < 4.78 is 0. The molecule has 2 rings (SSSR count). The normalized spacial score (nSPS) is 15.1. The topological polar surface area (TPSA) is 64.7 Å². The number of nitriles is 2. The summed E-state index contributed by atoms with van der Waals surface area (Å²) in [6, 6.07) is 6.58. The molecular formula is C14H6Cl2N2O. The summed E-state index contributed by atoms with van der Waals surface area (Å²) in [6.45, 7) is 1.68. The Morgan fingerprint density at radius 1 is 1.16 bits per heavy atom. The predicted octanol–water partition coefficient (Wildman–Crippen LogP) is 3.94. The second kappa shape index (κ2) is 4.90. The van der Waals surface area contributed by atoms with Crippen LogP contribution in [0.15, 0.2) is 29.4 Å². The molecule has 0 atom stereocenters. The Hall–Kier alpha value is -2.07. The Kier molecular flexibility index (Phi) is 3.44. The Labute approximate surface area is 120 Å². The molecule has 0 radical (unpaired) electrons. The molecule has 1 aliphatic rings. The predicted molar refractivity (Wildman–Crippen MR) is 72.7 cm³/mol. The van der Waals surface area contributed by atoms with Crippen molar-refractivity contribution in [2.75, 3.05) is 0 Å². The van der Waals surface area contributed by atoms with Crippen molar-refractivity contribution in [2.45, 2.75) is 6.92 Å². The van der Waals surface area contributed by atoms with Gasteiger partial charge in [0, 0.05) is 16.7 Å². The van der Waals surface area contributed by atoms with Gasteiger partial charge >= 0.3 is 0 Å². The second-order valence-corrected chi connectivity index (χ2v) is 4.63. The number of allylic oxidation sites excluding steroid dienone is 4. The highest BCUT2D eigenvalue weighted by molar-refractivity contribution is 6.43. The van der Waals surface area contributed by atoms with Gasteiger partial charge in [-0.25, -0.2) is 0 Å². The van der Waals surface area contributed by atoms with Crippen molar-refractivity contribution >= 4 is 34.6 Å². The molecule has 5 heteroatoms. The van der Waals surface area contributed by atoms with Crippen LogP contribution in [0.3, 0.4) is 0 Å². The van der Waals surface area contributed by atoms with Crippen LogP contribution in [-0.2, 0) is 0 Å². The number of benzene rings is 1. The van der Waals surface area contributed by atoms with Crippen molar-refractivity contribution in [1.29, 1.82) is 10.5 Å². The lowest BCUT2D eigenvalue weighted by atomic mass is 10.00. The third-order valence-corrected chi connectivity index (χ3v) is 3.57. The van der Waals surface area contributed by atoms with Crippen LogP contribution >= 0.6 is 23.2 Å². The fraction of sp³-hybridized carbons (Fsp3) is 0.0714. The van der Waals surface area contributed by atoms with E-state index in [-0.39, 0.29) is 21.4 Å². The first-order valence-corrected chi connectivity index (χ1v) is 6.06. The van der Waals surface area contributed by atoms with E-state index in [9.17, 15) is 4.79 Å². The van der Waals surface area contributed by atoms with Gasteiger partial charge in [0.25, 0.3) is 0 Å². The Morgan fingerprint density at radius 2 is 1.68 bits per heavy atom. The van der Waals surface area contributed by atoms with Gasteiger partial charge in [-0.3, -0.25) is 4.79 Å². The number of halogens is 2.